The maximum atomic E-state index is 12.8. The maximum Gasteiger partial charge on any atom is 0.407 e. The quantitative estimate of drug-likeness (QED) is 0.700. The summed E-state index contributed by atoms with van der Waals surface area (Å²) >= 11 is 0. The second-order valence-electron chi connectivity index (χ2n) is 10.1. The number of benzene rings is 2. The molecular weight excluding hydrogens is 432 g/mol. The van der Waals surface area contributed by atoms with Crippen LogP contribution < -0.4 is 5.32 Å². The van der Waals surface area contributed by atoms with Crippen LogP contribution in [-0.4, -0.2) is 53.7 Å². The number of amides is 2. The Balaban J connectivity index is 1.15. The minimum absolute atomic E-state index is 0.00207. The van der Waals surface area contributed by atoms with E-state index < -0.39 is 17.5 Å². The van der Waals surface area contributed by atoms with Crippen molar-refractivity contribution >= 4 is 18.0 Å². The molecule has 34 heavy (non-hydrogen) atoms. The van der Waals surface area contributed by atoms with Gasteiger partial charge in [0.2, 0.25) is 5.91 Å². The number of fused-ring (bicyclic) bond motifs is 3. The molecule has 7 nitrogen and oxygen atoms in total. The molecule has 2 N–H and O–H groups in total. The highest BCUT2D eigenvalue weighted by molar-refractivity contribution is 5.84. The molecule has 1 saturated carbocycles. The smallest absolute Gasteiger partial charge is 0.407 e. The van der Waals surface area contributed by atoms with E-state index >= 15 is 0 Å². The van der Waals surface area contributed by atoms with Crippen molar-refractivity contribution in [3.05, 3.63) is 59.7 Å². The zero-order chi connectivity index (χ0) is 23.9. The highest BCUT2D eigenvalue weighted by Gasteiger charge is 2.48. The number of ether oxygens (including phenoxy) is 1. The number of nitrogens with one attached hydrogen (secondary N) is 1. The van der Waals surface area contributed by atoms with Gasteiger partial charge in [-0.25, -0.2) is 4.79 Å². The molecule has 2 aromatic rings. The average Bonchev–Trinajstić information content (AvgIpc) is 3.14. The molecule has 0 unspecified atom stereocenters. The molecule has 7 heteroatoms. The van der Waals surface area contributed by atoms with Crippen molar-refractivity contribution < 1.29 is 24.2 Å². The van der Waals surface area contributed by atoms with Gasteiger partial charge in [0.1, 0.15) is 6.61 Å². The van der Waals surface area contributed by atoms with Crippen LogP contribution in [0.1, 0.15) is 49.7 Å². The van der Waals surface area contributed by atoms with E-state index in [2.05, 4.69) is 29.6 Å². The van der Waals surface area contributed by atoms with Gasteiger partial charge in [0.25, 0.3) is 0 Å². The molecule has 178 valence electrons. The second-order valence-corrected chi connectivity index (χ2v) is 10.1. The monoisotopic (exact) mass is 462 g/mol. The number of alkyl carbamates (subject to hydrolysis) is 1. The third kappa shape index (κ3) is 4.04. The lowest BCUT2D eigenvalue weighted by atomic mass is 9.79. The number of carbonyl (C=O) groups is 3. The van der Waals surface area contributed by atoms with Gasteiger partial charge in [0, 0.05) is 31.0 Å². The maximum absolute atomic E-state index is 12.8. The lowest BCUT2D eigenvalue weighted by Gasteiger charge is -2.46. The summed E-state index contributed by atoms with van der Waals surface area (Å²) in [5.74, 6) is -1.05. The van der Waals surface area contributed by atoms with Gasteiger partial charge in [-0.05, 0) is 48.4 Å². The third-order valence-electron chi connectivity index (χ3n) is 7.60. The topological polar surface area (TPSA) is 95.9 Å². The summed E-state index contributed by atoms with van der Waals surface area (Å²) in [6, 6.07) is 16.3. The predicted octanol–water partition coefficient (Wildman–Crippen LogP) is 4.02. The molecule has 2 amide bonds. The Morgan fingerprint density at radius 1 is 1.03 bits per heavy atom. The first-order valence-corrected chi connectivity index (χ1v) is 12.0. The third-order valence-corrected chi connectivity index (χ3v) is 7.60. The highest BCUT2D eigenvalue weighted by Crippen LogP contribution is 2.44. The first-order chi connectivity index (χ1) is 16.4. The van der Waals surface area contributed by atoms with Crippen LogP contribution in [0.2, 0.25) is 0 Å². The number of rotatable bonds is 5. The van der Waals surface area contributed by atoms with E-state index in [0.29, 0.717) is 6.42 Å². The number of nitrogens with zero attached hydrogens (tertiary/aromatic N) is 1. The van der Waals surface area contributed by atoms with Gasteiger partial charge in [-0.2, -0.15) is 0 Å². The fourth-order valence-electron chi connectivity index (χ4n) is 5.70. The molecule has 2 aliphatic carbocycles. The highest BCUT2D eigenvalue weighted by atomic mass is 16.5. The Kier molecular flexibility index (Phi) is 5.80. The van der Waals surface area contributed by atoms with E-state index in [4.69, 9.17) is 4.74 Å². The van der Waals surface area contributed by atoms with Gasteiger partial charge < -0.3 is 20.1 Å². The molecule has 2 aromatic carbocycles. The Hall–Kier alpha value is -3.35. The molecule has 2 fully saturated rings. The van der Waals surface area contributed by atoms with Crippen LogP contribution in [0, 0.1) is 11.3 Å². The SMILES string of the molecule is CC1(C(=O)O)CN(C(=O)[C@@H]2CCC[C@@H](NC(=O)OCC3c4ccccc4-c4ccccc43)C2)C1. The van der Waals surface area contributed by atoms with Crippen molar-refractivity contribution in [2.45, 2.75) is 44.6 Å². The van der Waals surface area contributed by atoms with Crippen LogP contribution in [-0.2, 0) is 14.3 Å². The number of carboxylic acid groups (broad SMARTS) is 1. The molecule has 0 bridgehead atoms. The van der Waals surface area contributed by atoms with Gasteiger partial charge in [-0.3, -0.25) is 9.59 Å². The summed E-state index contributed by atoms with van der Waals surface area (Å²) in [7, 11) is 0. The van der Waals surface area contributed by atoms with Crippen LogP contribution >= 0.6 is 0 Å². The lowest BCUT2D eigenvalue weighted by Crippen LogP contribution is -2.62. The summed E-state index contributed by atoms with van der Waals surface area (Å²) in [5, 5.41) is 12.2. The summed E-state index contributed by atoms with van der Waals surface area (Å²) in [4.78, 5) is 38.4. The fourth-order valence-corrected chi connectivity index (χ4v) is 5.70. The lowest BCUT2D eigenvalue weighted by molar-refractivity contribution is -0.166. The molecule has 1 heterocycles. The van der Waals surface area contributed by atoms with Gasteiger partial charge in [0.05, 0.1) is 5.41 Å². The zero-order valence-corrected chi connectivity index (χ0v) is 19.3. The molecule has 0 radical (unpaired) electrons. The molecule has 2 atom stereocenters. The molecule has 0 spiro atoms. The van der Waals surface area contributed by atoms with Crippen molar-refractivity contribution in [3.8, 4) is 11.1 Å². The predicted molar refractivity (Wildman–Crippen MR) is 126 cm³/mol. The second kappa shape index (κ2) is 8.78. The van der Waals surface area contributed by atoms with Crippen LogP contribution in [0.5, 0.6) is 0 Å². The molecule has 3 aliphatic rings. The molecule has 5 rings (SSSR count). The Morgan fingerprint density at radius 2 is 1.65 bits per heavy atom. The van der Waals surface area contributed by atoms with Gasteiger partial charge >= 0.3 is 12.1 Å². The van der Waals surface area contributed by atoms with E-state index in [1.165, 1.54) is 22.3 Å². The van der Waals surface area contributed by atoms with Crippen LogP contribution in [0.15, 0.2) is 48.5 Å². The minimum Gasteiger partial charge on any atom is -0.481 e. The van der Waals surface area contributed by atoms with Gasteiger partial charge in [0.15, 0.2) is 0 Å². The van der Waals surface area contributed by atoms with Gasteiger partial charge in [-0.15, -0.1) is 0 Å². The molecule has 0 aromatic heterocycles. The number of carboxylic acids is 1. The van der Waals surface area contributed by atoms with Gasteiger partial charge in [-0.1, -0.05) is 55.0 Å². The Bertz CT molecular complexity index is 1080. The van der Waals surface area contributed by atoms with Crippen LogP contribution in [0.25, 0.3) is 11.1 Å². The summed E-state index contributed by atoms with van der Waals surface area (Å²) in [6.45, 7) is 2.43. The Labute approximate surface area is 199 Å². The van der Waals surface area contributed by atoms with E-state index in [1.54, 1.807) is 11.8 Å². The zero-order valence-electron chi connectivity index (χ0n) is 19.3. The van der Waals surface area contributed by atoms with E-state index in [1.807, 2.05) is 24.3 Å². The largest absolute Gasteiger partial charge is 0.481 e. The summed E-state index contributed by atoms with van der Waals surface area (Å²) in [5.41, 5.74) is 3.87. The van der Waals surface area contributed by atoms with Crippen molar-refractivity contribution in [2.24, 2.45) is 11.3 Å². The fraction of sp³-hybridized carbons (Fsp3) is 0.444. The number of carbonyl (C=O) groups excluding carboxylic acids is 2. The van der Waals surface area contributed by atoms with Crippen molar-refractivity contribution in [3.63, 3.8) is 0 Å². The van der Waals surface area contributed by atoms with E-state index in [0.717, 1.165) is 19.3 Å². The number of hydrogen-bond acceptors (Lipinski definition) is 4. The average molecular weight is 463 g/mol. The van der Waals surface area contributed by atoms with Crippen molar-refractivity contribution in [2.75, 3.05) is 19.7 Å². The van der Waals surface area contributed by atoms with E-state index in [-0.39, 0.29) is 43.5 Å². The summed E-state index contributed by atoms with van der Waals surface area (Å²) < 4.78 is 5.66. The first kappa shape index (κ1) is 22.4. The molecule has 1 saturated heterocycles. The number of likely N-dealkylation sites (tertiary alicyclic amines) is 1. The Morgan fingerprint density at radius 3 is 2.26 bits per heavy atom. The van der Waals surface area contributed by atoms with Crippen LogP contribution in [0.3, 0.4) is 0 Å². The normalized spacial score (nSPS) is 22.8. The van der Waals surface area contributed by atoms with Crippen molar-refractivity contribution in [1.82, 2.24) is 10.2 Å². The minimum atomic E-state index is -0.866. The standard InChI is InChI=1S/C27H30N2O5/c1-27(25(31)32)15-29(16-27)24(30)17-7-6-8-18(13-17)28-26(33)34-14-23-21-11-4-2-9-19(21)20-10-3-5-12-22(20)23/h2-5,9-12,17-18,23H,6-8,13-16H2,1H3,(H,28,33)(H,31,32)/t17-,18-/m1/s1. The summed E-state index contributed by atoms with van der Waals surface area (Å²) in [6.07, 6.45) is 2.52. The number of aliphatic carboxylic acids is 1. The number of hydrogen-bond donors (Lipinski definition) is 2. The van der Waals surface area contributed by atoms with Crippen LogP contribution in [0.4, 0.5) is 4.79 Å². The van der Waals surface area contributed by atoms with Crippen molar-refractivity contribution in [1.29, 1.82) is 0 Å². The molecule has 1 aliphatic heterocycles. The molecular formula is C27H30N2O5. The first-order valence-electron chi connectivity index (χ1n) is 12.0. The van der Waals surface area contributed by atoms with E-state index in [9.17, 15) is 19.5 Å².